The molecule has 0 saturated carbocycles. The highest BCUT2D eigenvalue weighted by Gasteiger charge is 2.08. The van der Waals surface area contributed by atoms with Gasteiger partial charge in [0.2, 0.25) is 0 Å². The summed E-state index contributed by atoms with van der Waals surface area (Å²) in [6, 6.07) is 7.94. The van der Waals surface area contributed by atoms with Crippen LogP contribution in [0.5, 0.6) is 5.75 Å². The second-order valence-corrected chi connectivity index (χ2v) is 4.20. The Balaban J connectivity index is 2.09. The topological polar surface area (TPSA) is 76.8 Å². The van der Waals surface area contributed by atoms with Crippen LogP contribution < -0.4 is 10.5 Å². The summed E-state index contributed by atoms with van der Waals surface area (Å²) in [5.74, 6) is 0.815. The van der Waals surface area contributed by atoms with Crippen LogP contribution in [0.25, 0.3) is 22.3 Å². The van der Waals surface area contributed by atoms with Gasteiger partial charge >= 0.3 is 0 Å². The van der Waals surface area contributed by atoms with E-state index in [1.54, 1.807) is 19.5 Å². The molecular weight excluding hydrogens is 240 g/mol. The molecule has 96 valence electrons. The molecule has 0 aliphatic carbocycles. The van der Waals surface area contributed by atoms with Crippen molar-refractivity contribution in [2.45, 2.75) is 6.54 Å². The van der Waals surface area contributed by atoms with Crippen LogP contribution in [0.1, 0.15) is 5.69 Å². The predicted molar refractivity (Wildman–Crippen MR) is 73.8 cm³/mol. The van der Waals surface area contributed by atoms with Crippen LogP contribution in [0, 0.1) is 0 Å². The highest BCUT2D eigenvalue weighted by Crippen LogP contribution is 2.28. The summed E-state index contributed by atoms with van der Waals surface area (Å²) in [5.41, 5.74) is 8.95. The largest absolute Gasteiger partial charge is 0.495 e. The molecule has 0 saturated heterocycles. The summed E-state index contributed by atoms with van der Waals surface area (Å²) in [7, 11) is 1.66. The monoisotopic (exact) mass is 254 g/mol. The lowest BCUT2D eigenvalue weighted by molar-refractivity contribution is 0.419. The zero-order valence-corrected chi connectivity index (χ0v) is 10.6. The summed E-state index contributed by atoms with van der Waals surface area (Å²) < 4.78 is 5.33. The number of hydrogen-bond acceptors (Lipinski definition) is 4. The Morgan fingerprint density at radius 3 is 2.84 bits per heavy atom. The number of aromatic amines is 1. The number of para-hydroxylation sites is 1. The zero-order valence-electron chi connectivity index (χ0n) is 10.6. The van der Waals surface area contributed by atoms with E-state index in [1.165, 1.54) is 0 Å². The van der Waals surface area contributed by atoms with Gasteiger partial charge in [0.15, 0.2) is 0 Å². The third-order valence-corrected chi connectivity index (χ3v) is 3.03. The minimum atomic E-state index is 0.397. The molecule has 0 unspecified atom stereocenters. The van der Waals surface area contributed by atoms with Crippen molar-refractivity contribution in [1.29, 1.82) is 0 Å². The highest BCUT2D eigenvalue weighted by atomic mass is 16.5. The minimum absolute atomic E-state index is 0.397. The molecule has 2 aromatic heterocycles. The Bertz CT molecular complexity index is 703. The first-order chi connectivity index (χ1) is 9.31. The molecule has 3 aromatic rings. The third kappa shape index (κ3) is 2.04. The number of aromatic nitrogens is 3. The first-order valence-electron chi connectivity index (χ1n) is 5.99. The van der Waals surface area contributed by atoms with Gasteiger partial charge in [-0.05, 0) is 12.1 Å². The van der Waals surface area contributed by atoms with Crippen LogP contribution in [0.2, 0.25) is 0 Å². The van der Waals surface area contributed by atoms with Crippen LogP contribution in [0.4, 0.5) is 0 Å². The molecule has 0 amide bonds. The van der Waals surface area contributed by atoms with Gasteiger partial charge in [-0.2, -0.15) is 0 Å². The second-order valence-electron chi connectivity index (χ2n) is 4.20. The van der Waals surface area contributed by atoms with E-state index >= 15 is 0 Å². The minimum Gasteiger partial charge on any atom is -0.495 e. The average Bonchev–Trinajstić information content (AvgIpc) is 2.91. The van der Waals surface area contributed by atoms with E-state index < -0.39 is 0 Å². The molecule has 3 rings (SSSR count). The number of ether oxygens (including phenoxy) is 1. The van der Waals surface area contributed by atoms with Crippen molar-refractivity contribution >= 4 is 10.9 Å². The molecule has 5 nitrogen and oxygen atoms in total. The van der Waals surface area contributed by atoms with Gasteiger partial charge in [0, 0.05) is 11.9 Å². The molecule has 0 bridgehead atoms. The van der Waals surface area contributed by atoms with Gasteiger partial charge in [-0.1, -0.05) is 12.1 Å². The van der Waals surface area contributed by atoms with Gasteiger partial charge in [0.05, 0.1) is 36.4 Å². The molecular formula is C14H14N4O. The number of nitrogens with two attached hydrogens (primary N) is 1. The van der Waals surface area contributed by atoms with E-state index in [-0.39, 0.29) is 0 Å². The van der Waals surface area contributed by atoms with Gasteiger partial charge in [-0.15, -0.1) is 0 Å². The SMILES string of the molecule is COc1cccc2cc(-c3cnc(CN)cn3)[nH]c12. The van der Waals surface area contributed by atoms with Crippen molar-refractivity contribution < 1.29 is 4.74 Å². The Labute approximate surface area is 110 Å². The van der Waals surface area contributed by atoms with Crippen molar-refractivity contribution in [3.8, 4) is 17.1 Å². The number of H-pyrrole nitrogens is 1. The van der Waals surface area contributed by atoms with Gasteiger partial charge in [-0.3, -0.25) is 9.97 Å². The maximum atomic E-state index is 5.51. The fourth-order valence-corrected chi connectivity index (χ4v) is 2.04. The molecule has 0 aliphatic heterocycles. The van der Waals surface area contributed by atoms with E-state index in [4.69, 9.17) is 10.5 Å². The highest BCUT2D eigenvalue weighted by molar-refractivity contribution is 5.89. The molecule has 3 N–H and O–H groups in total. The molecule has 19 heavy (non-hydrogen) atoms. The van der Waals surface area contributed by atoms with E-state index in [9.17, 15) is 0 Å². The molecule has 1 aromatic carbocycles. The fraction of sp³-hybridized carbons (Fsp3) is 0.143. The quantitative estimate of drug-likeness (QED) is 0.750. The summed E-state index contributed by atoms with van der Waals surface area (Å²) >= 11 is 0. The van der Waals surface area contributed by atoms with E-state index in [0.29, 0.717) is 6.54 Å². The number of hydrogen-bond donors (Lipinski definition) is 2. The number of rotatable bonds is 3. The van der Waals surface area contributed by atoms with Crippen molar-refractivity contribution in [2.24, 2.45) is 5.73 Å². The van der Waals surface area contributed by atoms with Crippen LogP contribution in [0.3, 0.4) is 0 Å². The maximum absolute atomic E-state index is 5.51. The van der Waals surface area contributed by atoms with Gasteiger partial charge in [0.1, 0.15) is 11.4 Å². The Morgan fingerprint density at radius 1 is 1.26 bits per heavy atom. The summed E-state index contributed by atoms with van der Waals surface area (Å²) in [6.45, 7) is 0.397. The number of nitrogens with zero attached hydrogens (tertiary/aromatic N) is 2. The maximum Gasteiger partial charge on any atom is 0.142 e. The third-order valence-electron chi connectivity index (χ3n) is 3.03. The standard InChI is InChI=1S/C14H14N4O/c1-19-13-4-2-3-9-5-11(18-14(9)13)12-8-16-10(6-15)7-17-12/h2-5,7-8,18H,6,15H2,1H3. The lowest BCUT2D eigenvalue weighted by atomic mass is 10.2. The van der Waals surface area contributed by atoms with Crippen molar-refractivity contribution in [3.05, 3.63) is 42.4 Å². The first kappa shape index (κ1) is 11.7. The molecule has 5 heteroatoms. The molecule has 2 heterocycles. The van der Waals surface area contributed by atoms with Crippen LogP contribution in [-0.4, -0.2) is 22.1 Å². The average molecular weight is 254 g/mol. The molecule has 0 radical (unpaired) electrons. The van der Waals surface area contributed by atoms with Crippen LogP contribution in [0.15, 0.2) is 36.7 Å². The number of methoxy groups -OCH3 is 1. The van der Waals surface area contributed by atoms with E-state index in [2.05, 4.69) is 15.0 Å². The Kier molecular flexibility index (Phi) is 2.89. The summed E-state index contributed by atoms with van der Waals surface area (Å²) in [5, 5.41) is 1.08. The smallest absolute Gasteiger partial charge is 0.142 e. The van der Waals surface area contributed by atoms with Crippen molar-refractivity contribution in [1.82, 2.24) is 15.0 Å². The van der Waals surface area contributed by atoms with E-state index in [0.717, 1.165) is 33.7 Å². The number of nitrogens with one attached hydrogen (secondary N) is 1. The summed E-state index contributed by atoms with van der Waals surface area (Å²) in [6.07, 6.45) is 3.41. The fourth-order valence-electron chi connectivity index (χ4n) is 2.04. The summed E-state index contributed by atoms with van der Waals surface area (Å²) in [4.78, 5) is 11.9. The normalized spacial score (nSPS) is 10.8. The van der Waals surface area contributed by atoms with E-state index in [1.807, 2.05) is 24.3 Å². The van der Waals surface area contributed by atoms with Crippen molar-refractivity contribution in [3.63, 3.8) is 0 Å². The number of benzene rings is 1. The zero-order chi connectivity index (χ0) is 13.2. The van der Waals surface area contributed by atoms with Gasteiger partial charge in [0.25, 0.3) is 0 Å². The molecule has 0 atom stereocenters. The van der Waals surface area contributed by atoms with Crippen LogP contribution >= 0.6 is 0 Å². The Morgan fingerprint density at radius 2 is 2.16 bits per heavy atom. The number of fused-ring (bicyclic) bond motifs is 1. The first-order valence-corrected chi connectivity index (χ1v) is 5.99. The van der Waals surface area contributed by atoms with Crippen LogP contribution in [-0.2, 0) is 6.54 Å². The Hall–Kier alpha value is -2.40. The molecule has 0 fully saturated rings. The molecule has 0 spiro atoms. The lowest BCUT2D eigenvalue weighted by Crippen LogP contribution is -2.00. The van der Waals surface area contributed by atoms with Gasteiger partial charge < -0.3 is 15.5 Å². The lowest BCUT2D eigenvalue weighted by Gasteiger charge is -2.00. The van der Waals surface area contributed by atoms with Gasteiger partial charge in [-0.25, -0.2) is 0 Å². The predicted octanol–water partition coefficient (Wildman–Crippen LogP) is 2.09. The molecule has 0 aliphatic rings. The second kappa shape index (κ2) is 4.70. The van der Waals surface area contributed by atoms with Crippen molar-refractivity contribution in [2.75, 3.05) is 7.11 Å².